The van der Waals surface area contributed by atoms with E-state index in [1.165, 1.54) is 4.90 Å². The van der Waals surface area contributed by atoms with Gasteiger partial charge in [0.1, 0.15) is 0 Å². The zero-order valence-electron chi connectivity index (χ0n) is 14.2. The molecule has 6 heteroatoms. The van der Waals surface area contributed by atoms with Gasteiger partial charge in [-0.05, 0) is 37.5 Å². The fourth-order valence-corrected chi connectivity index (χ4v) is 2.91. The summed E-state index contributed by atoms with van der Waals surface area (Å²) < 4.78 is 0. The summed E-state index contributed by atoms with van der Waals surface area (Å²) in [5, 5.41) is 13.7. The molecule has 2 amide bonds. The molecule has 0 fully saturated rings. The van der Waals surface area contributed by atoms with E-state index in [1.807, 2.05) is 37.4 Å². The maximum atomic E-state index is 12.1. The zero-order chi connectivity index (χ0) is 17.8. The molecule has 0 unspecified atom stereocenters. The van der Waals surface area contributed by atoms with Crippen molar-refractivity contribution in [2.24, 2.45) is 0 Å². The SMILES string of the molecule is CCN1CC(C(=O)NCCCc2cnc3ccccc3c2)=C(O)C1=O. The van der Waals surface area contributed by atoms with Crippen LogP contribution in [-0.4, -0.2) is 46.4 Å². The number of rotatable bonds is 6. The number of nitrogens with one attached hydrogen (secondary N) is 1. The average molecular weight is 339 g/mol. The number of carbonyl (C=O) groups is 2. The van der Waals surface area contributed by atoms with E-state index in [2.05, 4.69) is 16.4 Å². The molecule has 1 aliphatic rings. The molecular weight excluding hydrogens is 318 g/mol. The summed E-state index contributed by atoms with van der Waals surface area (Å²) in [6.45, 7) is 2.92. The lowest BCUT2D eigenvalue weighted by molar-refractivity contribution is -0.127. The van der Waals surface area contributed by atoms with Crippen LogP contribution < -0.4 is 5.32 Å². The summed E-state index contributed by atoms with van der Waals surface area (Å²) in [7, 11) is 0. The number of carbonyl (C=O) groups excluding carboxylic acids is 2. The number of aryl methyl sites for hydroxylation is 1. The van der Waals surface area contributed by atoms with Gasteiger partial charge < -0.3 is 15.3 Å². The van der Waals surface area contributed by atoms with Crippen LogP contribution in [-0.2, 0) is 16.0 Å². The van der Waals surface area contributed by atoms with Gasteiger partial charge in [0.2, 0.25) is 0 Å². The Morgan fingerprint density at radius 3 is 2.92 bits per heavy atom. The summed E-state index contributed by atoms with van der Waals surface area (Å²) in [5.41, 5.74) is 2.23. The molecule has 2 heterocycles. The molecule has 130 valence electrons. The van der Waals surface area contributed by atoms with E-state index in [9.17, 15) is 14.7 Å². The standard InChI is InChI=1S/C19H21N3O3/c1-2-22-12-15(17(23)19(22)25)18(24)20-9-5-6-13-10-14-7-3-4-8-16(14)21-11-13/h3-4,7-8,10-11,23H,2,5-6,9,12H2,1H3,(H,20,24). The van der Waals surface area contributed by atoms with E-state index in [0.717, 1.165) is 29.3 Å². The second kappa shape index (κ2) is 7.34. The number of amides is 2. The van der Waals surface area contributed by atoms with Gasteiger partial charge in [-0.1, -0.05) is 18.2 Å². The van der Waals surface area contributed by atoms with E-state index < -0.39 is 11.7 Å². The topological polar surface area (TPSA) is 82.5 Å². The minimum Gasteiger partial charge on any atom is -0.503 e. The highest BCUT2D eigenvalue weighted by atomic mass is 16.3. The number of pyridine rings is 1. The van der Waals surface area contributed by atoms with Crippen LogP contribution >= 0.6 is 0 Å². The van der Waals surface area contributed by atoms with Gasteiger partial charge in [0.15, 0.2) is 5.76 Å². The number of aliphatic hydroxyl groups excluding tert-OH is 1. The first-order valence-electron chi connectivity index (χ1n) is 8.43. The molecule has 0 saturated carbocycles. The van der Waals surface area contributed by atoms with Crippen molar-refractivity contribution in [2.75, 3.05) is 19.6 Å². The van der Waals surface area contributed by atoms with Gasteiger partial charge in [0.05, 0.1) is 17.6 Å². The smallest absolute Gasteiger partial charge is 0.289 e. The molecule has 1 aromatic heterocycles. The van der Waals surface area contributed by atoms with Crippen molar-refractivity contribution in [3.8, 4) is 0 Å². The molecular formula is C19H21N3O3. The molecule has 0 bridgehead atoms. The van der Waals surface area contributed by atoms with Crippen molar-refractivity contribution in [1.29, 1.82) is 0 Å². The lowest BCUT2D eigenvalue weighted by Crippen LogP contribution is -2.30. The van der Waals surface area contributed by atoms with Crippen molar-refractivity contribution >= 4 is 22.7 Å². The lowest BCUT2D eigenvalue weighted by atomic mass is 10.1. The summed E-state index contributed by atoms with van der Waals surface area (Å²) in [6.07, 6.45) is 3.40. The van der Waals surface area contributed by atoms with E-state index >= 15 is 0 Å². The summed E-state index contributed by atoms with van der Waals surface area (Å²) in [6, 6.07) is 10.0. The van der Waals surface area contributed by atoms with E-state index in [4.69, 9.17) is 0 Å². The molecule has 0 spiro atoms. The number of fused-ring (bicyclic) bond motifs is 1. The minimum absolute atomic E-state index is 0.152. The van der Waals surface area contributed by atoms with Crippen LogP contribution in [0.5, 0.6) is 0 Å². The Hall–Kier alpha value is -2.89. The highest BCUT2D eigenvalue weighted by Gasteiger charge is 2.32. The third-order valence-electron chi connectivity index (χ3n) is 4.36. The normalized spacial score (nSPS) is 14.4. The monoisotopic (exact) mass is 339 g/mol. The molecule has 6 nitrogen and oxygen atoms in total. The first-order valence-corrected chi connectivity index (χ1v) is 8.43. The number of aromatic nitrogens is 1. The molecule has 1 aliphatic heterocycles. The van der Waals surface area contributed by atoms with Gasteiger partial charge >= 0.3 is 0 Å². The minimum atomic E-state index is -0.477. The summed E-state index contributed by atoms with van der Waals surface area (Å²) >= 11 is 0. The number of para-hydroxylation sites is 1. The Bertz CT molecular complexity index is 845. The van der Waals surface area contributed by atoms with Crippen LogP contribution in [0.4, 0.5) is 0 Å². The Morgan fingerprint density at radius 1 is 1.36 bits per heavy atom. The third kappa shape index (κ3) is 3.63. The summed E-state index contributed by atoms with van der Waals surface area (Å²) in [5.74, 6) is -1.29. The average Bonchev–Trinajstić information content (AvgIpc) is 2.93. The number of hydrogen-bond donors (Lipinski definition) is 2. The number of likely N-dealkylation sites (N-methyl/N-ethyl adjacent to an activating group) is 1. The van der Waals surface area contributed by atoms with Crippen LogP contribution in [0.1, 0.15) is 18.9 Å². The van der Waals surface area contributed by atoms with Gasteiger partial charge in [-0.3, -0.25) is 14.6 Å². The predicted octanol–water partition coefficient (Wildman–Crippen LogP) is 1.96. The molecule has 0 radical (unpaired) electrons. The maximum Gasteiger partial charge on any atom is 0.289 e. The van der Waals surface area contributed by atoms with Crippen molar-refractivity contribution < 1.29 is 14.7 Å². The van der Waals surface area contributed by atoms with Crippen LogP contribution in [0.25, 0.3) is 10.9 Å². The van der Waals surface area contributed by atoms with Crippen molar-refractivity contribution in [3.63, 3.8) is 0 Å². The maximum absolute atomic E-state index is 12.1. The van der Waals surface area contributed by atoms with Crippen LogP contribution in [0, 0.1) is 0 Å². The van der Waals surface area contributed by atoms with Crippen molar-refractivity contribution in [2.45, 2.75) is 19.8 Å². The molecule has 0 atom stereocenters. The van der Waals surface area contributed by atoms with Gasteiger partial charge in [-0.25, -0.2) is 0 Å². The van der Waals surface area contributed by atoms with Crippen molar-refractivity contribution in [1.82, 2.24) is 15.2 Å². The van der Waals surface area contributed by atoms with Crippen molar-refractivity contribution in [3.05, 3.63) is 53.4 Å². The van der Waals surface area contributed by atoms with E-state index in [-0.39, 0.29) is 18.0 Å². The Morgan fingerprint density at radius 2 is 2.16 bits per heavy atom. The number of hydrogen-bond acceptors (Lipinski definition) is 4. The fourth-order valence-electron chi connectivity index (χ4n) is 2.91. The first kappa shape index (κ1) is 17.0. The largest absolute Gasteiger partial charge is 0.503 e. The number of aliphatic hydroxyl groups is 1. The molecule has 2 aromatic rings. The van der Waals surface area contributed by atoms with Gasteiger partial charge in [0, 0.05) is 24.7 Å². The fraction of sp³-hybridized carbons (Fsp3) is 0.316. The van der Waals surface area contributed by atoms with E-state index in [1.54, 1.807) is 0 Å². The third-order valence-corrected chi connectivity index (χ3v) is 4.36. The highest BCUT2D eigenvalue weighted by molar-refractivity contribution is 6.06. The summed E-state index contributed by atoms with van der Waals surface area (Å²) in [4.78, 5) is 29.7. The van der Waals surface area contributed by atoms with Crippen LogP contribution in [0.3, 0.4) is 0 Å². The number of benzene rings is 1. The van der Waals surface area contributed by atoms with Gasteiger partial charge in [0.25, 0.3) is 11.8 Å². The zero-order valence-corrected chi connectivity index (χ0v) is 14.2. The molecule has 3 rings (SSSR count). The molecule has 25 heavy (non-hydrogen) atoms. The van der Waals surface area contributed by atoms with Crippen LogP contribution in [0.15, 0.2) is 47.9 Å². The van der Waals surface area contributed by atoms with E-state index in [0.29, 0.717) is 13.1 Å². The second-order valence-corrected chi connectivity index (χ2v) is 6.04. The molecule has 2 N–H and O–H groups in total. The first-order chi connectivity index (χ1) is 12.1. The highest BCUT2D eigenvalue weighted by Crippen LogP contribution is 2.17. The molecule has 0 saturated heterocycles. The Balaban J connectivity index is 1.51. The van der Waals surface area contributed by atoms with Crippen LogP contribution in [0.2, 0.25) is 0 Å². The molecule has 0 aliphatic carbocycles. The lowest BCUT2D eigenvalue weighted by Gasteiger charge is -2.12. The number of nitrogens with zero attached hydrogens (tertiary/aromatic N) is 2. The predicted molar refractivity (Wildman–Crippen MR) is 95.0 cm³/mol. The Labute approximate surface area is 146 Å². The van der Waals surface area contributed by atoms with Gasteiger partial charge in [-0.2, -0.15) is 0 Å². The second-order valence-electron chi connectivity index (χ2n) is 6.04. The Kier molecular flexibility index (Phi) is 4.97. The molecule has 1 aromatic carbocycles. The van der Waals surface area contributed by atoms with Gasteiger partial charge in [-0.15, -0.1) is 0 Å². The quantitative estimate of drug-likeness (QED) is 0.788.